The number of amides is 2. The molecule has 0 saturated carbocycles. The Morgan fingerprint density at radius 1 is 1.09 bits per heavy atom. The van der Waals surface area contributed by atoms with Gasteiger partial charge in [-0.1, -0.05) is 59.2 Å². The average molecular weight is 528 g/mol. The molecule has 1 unspecified atom stereocenters. The van der Waals surface area contributed by atoms with Crippen LogP contribution in [0.5, 0.6) is 5.75 Å². The van der Waals surface area contributed by atoms with Crippen molar-refractivity contribution >= 4 is 63.3 Å². The third kappa shape index (κ3) is 6.78. The highest BCUT2D eigenvalue weighted by atomic mass is 35.5. The summed E-state index contributed by atoms with van der Waals surface area (Å²) in [5.74, 6) is 0.332. The Hall–Kier alpha value is -3.00. The molecule has 0 spiro atoms. The number of benzene rings is 3. The van der Waals surface area contributed by atoms with Crippen LogP contribution in [0.3, 0.4) is 0 Å². The second-order valence-electron chi connectivity index (χ2n) is 7.83. The van der Waals surface area contributed by atoms with Crippen LogP contribution < -0.4 is 10.1 Å². The number of halogens is 2. The van der Waals surface area contributed by atoms with E-state index in [2.05, 4.69) is 10.3 Å². The van der Waals surface area contributed by atoms with Crippen LogP contribution in [0.15, 0.2) is 77.8 Å². The zero-order valence-corrected chi connectivity index (χ0v) is 21.2. The lowest BCUT2D eigenvalue weighted by Crippen LogP contribution is -2.46. The second-order valence-corrected chi connectivity index (χ2v) is 9.87. The van der Waals surface area contributed by atoms with Gasteiger partial charge >= 0.3 is 0 Å². The van der Waals surface area contributed by atoms with E-state index in [4.69, 9.17) is 27.9 Å². The number of nitrogens with one attached hydrogen (secondary N) is 1. The van der Waals surface area contributed by atoms with E-state index in [-0.39, 0.29) is 18.2 Å². The molecule has 1 aliphatic rings. The van der Waals surface area contributed by atoms with Gasteiger partial charge in [-0.2, -0.15) is 0 Å². The minimum absolute atomic E-state index is 0.0637. The molecule has 0 aliphatic carbocycles. The Kier molecular flexibility index (Phi) is 8.33. The number of hydrogen-bond acceptors (Lipinski definition) is 5. The zero-order chi connectivity index (χ0) is 24.8. The van der Waals surface area contributed by atoms with Gasteiger partial charge in [0, 0.05) is 28.7 Å². The predicted molar refractivity (Wildman–Crippen MR) is 143 cm³/mol. The molecule has 6 nitrogen and oxygen atoms in total. The Morgan fingerprint density at radius 3 is 2.49 bits per heavy atom. The number of carbonyl (C=O) groups is 2. The number of anilines is 1. The van der Waals surface area contributed by atoms with Crippen molar-refractivity contribution in [2.24, 2.45) is 4.99 Å². The topological polar surface area (TPSA) is 71.0 Å². The van der Waals surface area contributed by atoms with Gasteiger partial charge in [0.05, 0.1) is 12.8 Å². The van der Waals surface area contributed by atoms with Crippen molar-refractivity contribution in [3.8, 4) is 5.75 Å². The molecule has 35 heavy (non-hydrogen) atoms. The lowest BCUT2D eigenvalue weighted by Gasteiger charge is -2.32. The highest BCUT2D eigenvalue weighted by Crippen LogP contribution is 2.31. The number of thioether (sulfide) groups is 1. The summed E-state index contributed by atoms with van der Waals surface area (Å²) in [5, 5.41) is 3.74. The van der Waals surface area contributed by atoms with Crippen molar-refractivity contribution in [3.63, 3.8) is 0 Å². The van der Waals surface area contributed by atoms with Crippen molar-refractivity contribution in [2.75, 3.05) is 19.0 Å². The van der Waals surface area contributed by atoms with E-state index < -0.39 is 5.25 Å². The van der Waals surface area contributed by atoms with E-state index in [9.17, 15) is 9.59 Å². The van der Waals surface area contributed by atoms with Crippen LogP contribution in [0.1, 0.15) is 12.0 Å². The Labute approximate surface area is 218 Å². The fourth-order valence-corrected chi connectivity index (χ4v) is 5.04. The highest BCUT2D eigenvalue weighted by molar-refractivity contribution is 8.15. The minimum atomic E-state index is -0.628. The molecule has 1 heterocycles. The van der Waals surface area contributed by atoms with Crippen LogP contribution >= 0.6 is 35.0 Å². The Balaban J connectivity index is 1.54. The standard InChI is InChI=1S/C26H23Cl2N3O3S/c1-34-22-10-8-17(9-11-22)12-13-31-24(32)16-23(25(33)29-20-6-2-4-18(27)14-20)35-26(31)30-21-7-3-5-19(28)15-21/h2-11,14-15,23H,12-13,16H2,1H3,(H,29,33). The van der Waals surface area contributed by atoms with E-state index in [1.165, 1.54) is 11.8 Å². The van der Waals surface area contributed by atoms with E-state index in [1.54, 1.807) is 60.5 Å². The van der Waals surface area contributed by atoms with Crippen LogP contribution in [0.4, 0.5) is 11.4 Å². The maximum Gasteiger partial charge on any atom is 0.238 e. The normalized spacial score (nSPS) is 16.9. The lowest BCUT2D eigenvalue weighted by atomic mass is 10.1. The predicted octanol–water partition coefficient (Wildman–Crippen LogP) is 6.21. The van der Waals surface area contributed by atoms with Crippen molar-refractivity contribution in [2.45, 2.75) is 18.1 Å². The summed E-state index contributed by atoms with van der Waals surface area (Å²) in [6.45, 7) is 0.431. The quantitative estimate of drug-likeness (QED) is 0.396. The number of nitrogens with zero attached hydrogens (tertiary/aromatic N) is 2. The Bertz CT molecular complexity index is 1250. The maximum atomic E-state index is 13.2. The third-order valence-corrected chi connectivity index (χ3v) is 7.00. The molecule has 0 radical (unpaired) electrons. The summed E-state index contributed by atoms with van der Waals surface area (Å²) in [6.07, 6.45) is 0.693. The largest absolute Gasteiger partial charge is 0.497 e. The molecular formula is C26H23Cl2N3O3S. The van der Waals surface area contributed by atoms with Crippen LogP contribution in [-0.2, 0) is 16.0 Å². The Morgan fingerprint density at radius 2 is 1.80 bits per heavy atom. The minimum Gasteiger partial charge on any atom is -0.497 e. The number of aliphatic imine (C=N–C) groups is 1. The number of rotatable bonds is 7. The molecular weight excluding hydrogens is 505 g/mol. The number of amidine groups is 1. The molecule has 2 amide bonds. The molecule has 1 fully saturated rings. The van der Waals surface area contributed by atoms with Crippen LogP contribution in [-0.4, -0.2) is 40.8 Å². The van der Waals surface area contributed by atoms with E-state index in [0.717, 1.165) is 11.3 Å². The smallest absolute Gasteiger partial charge is 0.238 e. The SMILES string of the molecule is COc1ccc(CCN2C(=O)CC(C(=O)Nc3cccc(Cl)c3)SC2=Nc2cccc(Cl)c2)cc1. The number of ether oxygens (including phenoxy) is 1. The van der Waals surface area contributed by atoms with Gasteiger partial charge in [0.1, 0.15) is 11.0 Å². The highest BCUT2D eigenvalue weighted by Gasteiger charge is 2.35. The van der Waals surface area contributed by atoms with E-state index >= 15 is 0 Å². The molecule has 180 valence electrons. The summed E-state index contributed by atoms with van der Waals surface area (Å²) in [7, 11) is 1.62. The zero-order valence-electron chi connectivity index (χ0n) is 18.9. The van der Waals surface area contributed by atoms with Crippen molar-refractivity contribution in [1.29, 1.82) is 0 Å². The number of methoxy groups -OCH3 is 1. The van der Waals surface area contributed by atoms with Gasteiger partial charge in [-0.25, -0.2) is 4.99 Å². The summed E-state index contributed by atoms with van der Waals surface area (Å²) in [6, 6.07) is 21.7. The van der Waals surface area contributed by atoms with E-state index in [1.807, 2.05) is 24.3 Å². The molecule has 0 aromatic heterocycles. The second kappa shape index (κ2) is 11.6. The molecule has 1 aliphatic heterocycles. The summed E-state index contributed by atoms with van der Waals surface area (Å²) in [5.41, 5.74) is 2.25. The lowest BCUT2D eigenvalue weighted by molar-refractivity contribution is -0.129. The first kappa shape index (κ1) is 25.1. The van der Waals surface area contributed by atoms with Crippen LogP contribution in [0.2, 0.25) is 10.0 Å². The van der Waals surface area contributed by atoms with Gasteiger partial charge < -0.3 is 10.1 Å². The monoisotopic (exact) mass is 527 g/mol. The van der Waals surface area contributed by atoms with Gasteiger partial charge in [0.2, 0.25) is 11.8 Å². The van der Waals surface area contributed by atoms with E-state index in [0.29, 0.717) is 39.6 Å². The molecule has 1 saturated heterocycles. The summed E-state index contributed by atoms with van der Waals surface area (Å²) < 4.78 is 5.21. The number of carbonyl (C=O) groups excluding carboxylic acids is 2. The first-order valence-corrected chi connectivity index (χ1v) is 12.6. The molecule has 9 heteroatoms. The molecule has 3 aromatic carbocycles. The molecule has 3 aromatic rings. The van der Waals surface area contributed by atoms with Gasteiger partial charge in [-0.15, -0.1) is 0 Å². The molecule has 1 N–H and O–H groups in total. The van der Waals surface area contributed by atoms with Crippen molar-refractivity contribution in [3.05, 3.63) is 88.4 Å². The fraction of sp³-hybridized carbons (Fsp3) is 0.192. The van der Waals surface area contributed by atoms with Gasteiger partial charge in [0.15, 0.2) is 5.17 Å². The molecule has 1 atom stereocenters. The van der Waals surface area contributed by atoms with Gasteiger partial charge in [-0.05, 0) is 60.5 Å². The summed E-state index contributed by atoms with van der Waals surface area (Å²) in [4.78, 5) is 32.5. The van der Waals surface area contributed by atoms with Crippen molar-refractivity contribution in [1.82, 2.24) is 4.90 Å². The first-order chi connectivity index (χ1) is 16.9. The maximum absolute atomic E-state index is 13.2. The average Bonchev–Trinajstić information content (AvgIpc) is 2.84. The fourth-order valence-electron chi connectivity index (χ4n) is 3.54. The molecule has 4 rings (SSSR count). The van der Waals surface area contributed by atoms with Crippen LogP contribution in [0, 0.1) is 0 Å². The molecule has 0 bridgehead atoms. The van der Waals surface area contributed by atoms with Crippen LogP contribution in [0.25, 0.3) is 0 Å². The van der Waals surface area contributed by atoms with Gasteiger partial charge in [0.25, 0.3) is 0 Å². The van der Waals surface area contributed by atoms with Crippen molar-refractivity contribution < 1.29 is 14.3 Å². The summed E-state index contributed by atoms with van der Waals surface area (Å²) >= 11 is 13.4. The number of hydrogen-bond donors (Lipinski definition) is 1. The third-order valence-electron chi connectivity index (χ3n) is 5.34. The van der Waals surface area contributed by atoms with Gasteiger partial charge in [-0.3, -0.25) is 14.5 Å². The first-order valence-electron chi connectivity index (χ1n) is 10.9.